The number of hydrogen-bond donors (Lipinski definition) is 3. The zero-order valence-corrected chi connectivity index (χ0v) is 16.7. The zero-order chi connectivity index (χ0) is 21.7. The van der Waals surface area contributed by atoms with Crippen molar-refractivity contribution in [3.05, 3.63) is 64.7 Å². The molecule has 0 spiro atoms. The minimum absolute atomic E-state index is 0.0423. The Bertz CT molecular complexity index is 926. The fourth-order valence-corrected chi connectivity index (χ4v) is 3.38. The Morgan fingerprint density at radius 1 is 1.07 bits per heavy atom. The van der Waals surface area contributed by atoms with E-state index in [9.17, 15) is 23.1 Å². The highest BCUT2D eigenvalue weighted by Gasteiger charge is 2.30. The summed E-state index contributed by atoms with van der Waals surface area (Å²) >= 11 is 5.93. The minimum Gasteiger partial charge on any atom is -0.393 e. The Kier molecular flexibility index (Phi) is 6.99. The molecule has 0 heterocycles. The van der Waals surface area contributed by atoms with Crippen LogP contribution in [-0.4, -0.2) is 29.1 Å². The molecule has 30 heavy (non-hydrogen) atoms. The SMILES string of the molecule is O=C(NC(=NC1CCC(O)CC1)Nc1cccc(C(F)(F)F)c1)c1cccc(Cl)c1. The van der Waals surface area contributed by atoms with Crippen LogP contribution in [-0.2, 0) is 6.18 Å². The number of amides is 1. The summed E-state index contributed by atoms with van der Waals surface area (Å²) in [5.74, 6) is -0.452. The van der Waals surface area contributed by atoms with Gasteiger partial charge in [0, 0.05) is 16.3 Å². The summed E-state index contributed by atoms with van der Waals surface area (Å²) in [7, 11) is 0. The van der Waals surface area contributed by atoms with Crippen LogP contribution < -0.4 is 10.6 Å². The fourth-order valence-electron chi connectivity index (χ4n) is 3.19. The van der Waals surface area contributed by atoms with Gasteiger partial charge in [0.15, 0.2) is 0 Å². The molecule has 0 aromatic heterocycles. The van der Waals surface area contributed by atoms with Crippen LogP contribution in [0.15, 0.2) is 53.5 Å². The molecule has 5 nitrogen and oxygen atoms in total. The second-order valence-electron chi connectivity index (χ2n) is 7.11. The molecular formula is C21H21ClF3N3O2. The van der Waals surface area contributed by atoms with Gasteiger partial charge in [-0.2, -0.15) is 13.2 Å². The number of aliphatic hydroxyl groups excluding tert-OH is 1. The number of carbonyl (C=O) groups is 1. The standard InChI is InChI=1S/C21H21ClF3N3O2/c22-15-5-1-3-13(11-15)19(30)28-20(26-16-7-9-18(29)10-8-16)27-17-6-2-4-14(12-17)21(23,24)25/h1-6,11-12,16,18,29H,7-10H2,(H2,26,27,28,30). The highest BCUT2D eigenvalue weighted by molar-refractivity contribution is 6.31. The largest absolute Gasteiger partial charge is 0.416 e. The second-order valence-corrected chi connectivity index (χ2v) is 7.54. The summed E-state index contributed by atoms with van der Waals surface area (Å²) < 4.78 is 39.1. The van der Waals surface area contributed by atoms with E-state index in [-0.39, 0.29) is 23.8 Å². The van der Waals surface area contributed by atoms with Crippen LogP contribution in [0, 0.1) is 0 Å². The van der Waals surface area contributed by atoms with Crippen molar-refractivity contribution < 1.29 is 23.1 Å². The number of nitrogens with one attached hydrogen (secondary N) is 2. The maximum atomic E-state index is 13.0. The van der Waals surface area contributed by atoms with Crippen LogP contribution in [0.5, 0.6) is 0 Å². The van der Waals surface area contributed by atoms with Gasteiger partial charge in [0.25, 0.3) is 5.91 Å². The van der Waals surface area contributed by atoms with Crippen molar-refractivity contribution in [1.29, 1.82) is 0 Å². The number of carbonyl (C=O) groups excluding carboxylic acids is 1. The molecule has 2 aromatic rings. The van der Waals surface area contributed by atoms with Crippen LogP contribution in [0.2, 0.25) is 5.02 Å². The van der Waals surface area contributed by atoms with Crippen LogP contribution in [0.1, 0.15) is 41.6 Å². The van der Waals surface area contributed by atoms with E-state index in [1.807, 2.05) is 0 Å². The van der Waals surface area contributed by atoms with Gasteiger partial charge in [0.1, 0.15) is 0 Å². The van der Waals surface area contributed by atoms with Gasteiger partial charge in [-0.3, -0.25) is 10.1 Å². The van der Waals surface area contributed by atoms with Gasteiger partial charge in [-0.15, -0.1) is 0 Å². The van der Waals surface area contributed by atoms with Gasteiger partial charge >= 0.3 is 6.18 Å². The lowest BCUT2D eigenvalue weighted by Gasteiger charge is -2.23. The lowest BCUT2D eigenvalue weighted by atomic mass is 9.94. The Hall–Kier alpha value is -2.58. The molecule has 3 N–H and O–H groups in total. The quantitative estimate of drug-likeness (QED) is 0.472. The monoisotopic (exact) mass is 439 g/mol. The van der Waals surface area contributed by atoms with E-state index in [0.29, 0.717) is 36.3 Å². The van der Waals surface area contributed by atoms with Crippen molar-refractivity contribution in [2.24, 2.45) is 4.99 Å². The predicted molar refractivity (Wildman–Crippen MR) is 110 cm³/mol. The molecule has 3 rings (SSSR count). The topological polar surface area (TPSA) is 73.7 Å². The van der Waals surface area contributed by atoms with E-state index in [4.69, 9.17) is 11.6 Å². The number of hydrogen-bond acceptors (Lipinski definition) is 3. The molecule has 0 aliphatic heterocycles. The number of benzene rings is 2. The van der Waals surface area contributed by atoms with E-state index in [1.54, 1.807) is 18.2 Å². The molecule has 0 atom stereocenters. The lowest BCUT2D eigenvalue weighted by molar-refractivity contribution is -0.137. The molecule has 0 unspecified atom stereocenters. The third-order valence-electron chi connectivity index (χ3n) is 4.75. The third-order valence-corrected chi connectivity index (χ3v) is 4.98. The number of alkyl halides is 3. The van der Waals surface area contributed by atoms with E-state index < -0.39 is 17.6 Å². The average Bonchev–Trinajstić information content (AvgIpc) is 2.69. The summed E-state index contributed by atoms with van der Waals surface area (Å²) in [4.78, 5) is 17.1. The first kappa shape index (κ1) is 22.1. The molecular weight excluding hydrogens is 419 g/mol. The highest BCUT2D eigenvalue weighted by atomic mass is 35.5. The average molecular weight is 440 g/mol. The van der Waals surface area contributed by atoms with E-state index in [2.05, 4.69) is 15.6 Å². The first-order valence-electron chi connectivity index (χ1n) is 9.48. The number of anilines is 1. The molecule has 160 valence electrons. The first-order chi connectivity index (χ1) is 14.2. The van der Waals surface area contributed by atoms with Crippen molar-refractivity contribution >= 4 is 29.2 Å². The molecule has 0 saturated heterocycles. The van der Waals surface area contributed by atoms with Gasteiger partial charge in [-0.1, -0.05) is 23.7 Å². The molecule has 1 amide bonds. The summed E-state index contributed by atoms with van der Waals surface area (Å²) in [5.41, 5.74) is -0.375. The summed E-state index contributed by atoms with van der Waals surface area (Å²) in [6.07, 6.45) is -2.49. The predicted octanol–water partition coefficient (Wildman–Crippen LogP) is 4.86. The smallest absolute Gasteiger partial charge is 0.393 e. The molecule has 1 aliphatic carbocycles. The number of nitrogens with zero attached hydrogens (tertiary/aromatic N) is 1. The Balaban J connectivity index is 1.83. The lowest BCUT2D eigenvalue weighted by Crippen LogP contribution is -2.37. The molecule has 9 heteroatoms. The van der Waals surface area contributed by atoms with E-state index >= 15 is 0 Å². The number of rotatable bonds is 3. The van der Waals surface area contributed by atoms with Crippen LogP contribution in [0.3, 0.4) is 0 Å². The summed E-state index contributed by atoms with van der Waals surface area (Å²) in [6, 6.07) is 10.8. The summed E-state index contributed by atoms with van der Waals surface area (Å²) in [6.45, 7) is 0. The Morgan fingerprint density at radius 3 is 2.43 bits per heavy atom. The number of halogens is 4. The van der Waals surface area contributed by atoms with Crippen molar-refractivity contribution in [3.63, 3.8) is 0 Å². The first-order valence-corrected chi connectivity index (χ1v) is 9.85. The maximum Gasteiger partial charge on any atom is 0.416 e. The Morgan fingerprint density at radius 2 is 1.77 bits per heavy atom. The third kappa shape index (κ3) is 6.21. The Labute approximate surface area is 177 Å². The summed E-state index contributed by atoms with van der Waals surface area (Å²) in [5, 5.41) is 15.5. The van der Waals surface area contributed by atoms with Crippen molar-refractivity contribution in [3.8, 4) is 0 Å². The number of guanidine groups is 1. The normalized spacial score (nSPS) is 20.0. The van der Waals surface area contributed by atoms with Crippen LogP contribution in [0.25, 0.3) is 0 Å². The molecule has 1 aliphatic rings. The zero-order valence-electron chi connectivity index (χ0n) is 15.9. The van der Waals surface area contributed by atoms with Gasteiger partial charge in [-0.05, 0) is 62.1 Å². The maximum absolute atomic E-state index is 13.0. The van der Waals surface area contributed by atoms with Gasteiger partial charge < -0.3 is 10.4 Å². The molecule has 0 bridgehead atoms. The van der Waals surface area contributed by atoms with Gasteiger partial charge in [-0.25, -0.2) is 4.99 Å². The van der Waals surface area contributed by atoms with Crippen molar-refractivity contribution in [2.45, 2.75) is 44.0 Å². The van der Waals surface area contributed by atoms with Crippen molar-refractivity contribution in [2.75, 3.05) is 5.32 Å². The van der Waals surface area contributed by atoms with E-state index in [1.165, 1.54) is 18.2 Å². The minimum atomic E-state index is -4.49. The molecule has 1 fully saturated rings. The number of aliphatic hydroxyl groups is 1. The number of aliphatic imine (C=N–C) groups is 1. The van der Waals surface area contributed by atoms with E-state index in [0.717, 1.165) is 12.1 Å². The van der Waals surface area contributed by atoms with Crippen LogP contribution >= 0.6 is 11.6 Å². The molecule has 2 aromatic carbocycles. The van der Waals surface area contributed by atoms with Gasteiger partial charge in [0.2, 0.25) is 5.96 Å². The molecule has 1 saturated carbocycles. The fraction of sp³-hybridized carbons (Fsp3) is 0.333. The van der Waals surface area contributed by atoms with Crippen LogP contribution in [0.4, 0.5) is 18.9 Å². The highest BCUT2D eigenvalue weighted by Crippen LogP contribution is 2.30. The van der Waals surface area contributed by atoms with Gasteiger partial charge in [0.05, 0.1) is 17.7 Å². The van der Waals surface area contributed by atoms with Crippen molar-refractivity contribution in [1.82, 2.24) is 5.32 Å². The second kappa shape index (κ2) is 9.49. The molecule has 0 radical (unpaired) electrons.